The molecule has 5 nitrogen and oxygen atoms in total. The van der Waals surface area contributed by atoms with Gasteiger partial charge in [-0.25, -0.2) is 0 Å². The summed E-state index contributed by atoms with van der Waals surface area (Å²) in [6.07, 6.45) is 0. The van der Waals surface area contributed by atoms with E-state index in [2.05, 4.69) is 0 Å². The lowest BCUT2D eigenvalue weighted by atomic mass is 10.2. The Balaban J connectivity index is 2.18. The average molecular weight is 295 g/mol. The van der Waals surface area contributed by atoms with Gasteiger partial charge in [0.05, 0.1) is 7.11 Å². The van der Waals surface area contributed by atoms with Gasteiger partial charge in [-0.2, -0.15) is 0 Å². The highest BCUT2D eigenvalue weighted by Gasteiger charge is 2.24. The number of amides is 1. The molecule has 0 unspecified atom stereocenters. The first-order valence-electron chi connectivity index (χ1n) is 6.26. The second kappa shape index (κ2) is 6.76. The number of nitrogens with zero attached hydrogens (tertiary/aromatic N) is 1. The molecule has 0 aliphatic carbocycles. The number of Topliss-reactive ketones (excluding diaryl/α,β-unsaturated/α-hetero) is 1. The van der Waals surface area contributed by atoms with Crippen molar-refractivity contribution in [3.8, 4) is 5.75 Å². The van der Waals surface area contributed by atoms with E-state index >= 15 is 0 Å². The monoisotopic (exact) mass is 295 g/mol. The van der Waals surface area contributed by atoms with Crippen LogP contribution in [-0.2, 0) is 20.9 Å². The van der Waals surface area contributed by atoms with Crippen molar-refractivity contribution >= 4 is 23.5 Å². The number of hydrogen-bond acceptors (Lipinski definition) is 5. The van der Waals surface area contributed by atoms with E-state index in [0.29, 0.717) is 13.1 Å². The Morgan fingerprint density at radius 1 is 1.35 bits per heavy atom. The van der Waals surface area contributed by atoms with Gasteiger partial charge in [-0.05, 0) is 23.8 Å². The maximum Gasteiger partial charge on any atom is 0.292 e. The summed E-state index contributed by atoms with van der Waals surface area (Å²) in [4.78, 5) is 26.4. The molecular weight excluding hydrogens is 278 g/mol. The summed E-state index contributed by atoms with van der Waals surface area (Å²) in [6, 6.07) is 5.80. The zero-order valence-corrected chi connectivity index (χ0v) is 12.4. The number of benzene rings is 1. The fourth-order valence-electron chi connectivity index (χ4n) is 2.04. The van der Waals surface area contributed by atoms with Crippen LogP contribution in [0.5, 0.6) is 5.75 Å². The van der Waals surface area contributed by atoms with E-state index in [0.717, 1.165) is 22.0 Å². The van der Waals surface area contributed by atoms with Gasteiger partial charge in [-0.15, -0.1) is 11.8 Å². The summed E-state index contributed by atoms with van der Waals surface area (Å²) >= 11 is 1.68. The highest BCUT2D eigenvalue weighted by Crippen LogP contribution is 2.30. The molecule has 0 aromatic heterocycles. The first-order chi connectivity index (χ1) is 9.65. The van der Waals surface area contributed by atoms with E-state index in [4.69, 9.17) is 9.47 Å². The number of ketones is 1. The Bertz CT molecular complexity index is 518. The van der Waals surface area contributed by atoms with Crippen molar-refractivity contribution in [1.29, 1.82) is 0 Å². The maximum absolute atomic E-state index is 12.1. The Labute approximate surface area is 122 Å². The summed E-state index contributed by atoms with van der Waals surface area (Å²) < 4.78 is 9.93. The first-order valence-corrected chi connectivity index (χ1v) is 7.25. The molecule has 0 fully saturated rings. The van der Waals surface area contributed by atoms with Gasteiger partial charge < -0.3 is 14.4 Å². The summed E-state index contributed by atoms with van der Waals surface area (Å²) in [5.41, 5.74) is 1.01. The normalized spacial score (nSPS) is 14.4. The van der Waals surface area contributed by atoms with Gasteiger partial charge in [-0.1, -0.05) is 0 Å². The minimum absolute atomic E-state index is 0.173. The molecule has 1 amide bonds. The Kier molecular flexibility index (Phi) is 5.03. The van der Waals surface area contributed by atoms with E-state index in [1.54, 1.807) is 23.8 Å². The van der Waals surface area contributed by atoms with Crippen LogP contribution in [0.15, 0.2) is 23.1 Å². The molecule has 0 spiro atoms. The van der Waals surface area contributed by atoms with Crippen molar-refractivity contribution in [2.45, 2.75) is 11.4 Å². The molecular formula is C14H17NO4S. The fourth-order valence-corrected chi connectivity index (χ4v) is 3.04. The predicted molar refractivity (Wildman–Crippen MR) is 76.0 cm³/mol. The van der Waals surface area contributed by atoms with Crippen LogP contribution in [0.1, 0.15) is 5.56 Å². The number of thioether (sulfide) groups is 1. The van der Waals surface area contributed by atoms with E-state index in [-0.39, 0.29) is 6.61 Å². The topological polar surface area (TPSA) is 55.8 Å². The van der Waals surface area contributed by atoms with Crippen molar-refractivity contribution in [3.05, 3.63) is 23.8 Å². The van der Waals surface area contributed by atoms with Crippen LogP contribution in [0.25, 0.3) is 0 Å². The van der Waals surface area contributed by atoms with E-state index in [9.17, 15) is 9.59 Å². The van der Waals surface area contributed by atoms with Crippen LogP contribution in [0, 0.1) is 0 Å². The molecule has 2 rings (SSSR count). The molecule has 1 aliphatic rings. The zero-order chi connectivity index (χ0) is 14.5. The minimum atomic E-state index is -0.510. The zero-order valence-electron chi connectivity index (χ0n) is 11.5. The van der Waals surface area contributed by atoms with E-state index < -0.39 is 11.7 Å². The lowest BCUT2D eigenvalue weighted by molar-refractivity contribution is -0.146. The molecule has 6 heteroatoms. The van der Waals surface area contributed by atoms with Crippen molar-refractivity contribution in [2.75, 3.05) is 33.1 Å². The molecule has 1 heterocycles. The third kappa shape index (κ3) is 3.32. The minimum Gasteiger partial charge on any atom is -0.497 e. The summed E-state index contributed by atoms with van der Waals surface area (Å²) in [7, 11) is 3.01. The SMILES string of the molecule is COCC(=O)C(=O)N1CCSc2ccc(OC)cc2C1. The summed E-state index contributed by atoms with van der Waals surface area (Å²) in [5, 5.41) is 0. The molecule has 1 aromatic rings. The molecule has 0 atom stereocenters. The maximum atomic E-state index is 12.1. The summed E-state index contributed by atoms with van der Waals surface area (Å²) in [6.45, 7) is 0.803. The van der Waals surface area contributed by atoms with Gasteiger partial charge in [0, 0.05) is 30.8 Å². The number of carbonyl (C=O) groups excluding carboxylic acids is 2. The van der Waals surface area contributed by atoms with Crippen LogP contribution >= 0.6 is 11.8 Å². The third-order valence-electron chi connectivity index (χ3n) is 3.05. The largest absolute Gasteiger partial charge is 0.497 e. The number of hydrogen-bond donors (Lipinski definition) is 0. The van der Waals surface area contributed by atoms with E-state index in [1.807, 2.05) is 18.2 Å². The van der Waals surface area contributed by atoms with Gasteiger partial charge in [0.1, 0.15) is 12.4 Å². The standard InChI is InChI=1S/C14H17NO4S/c1-18-9-12(16)14(17)15-5-6-20-13-4-3-11(19-2)7-10(13)8-15/h3-4,7H,5-6,8-9H2,1-2H3. The highest BCUT2D eigenvalue weighted by atomic mass is 32.2. The fraction of sp³-hybridized carbons (Fsp3) is 0.429. The van der Waals surface area contributed by atoms with Crippen molar-refractivity contribution < 1.29 is 19.1 Å². The second-order valence-corrected chi connectivity index (χ2v) is 5.54. The van der Waals surface area contributed by atoms with Crippen molar-refractivity contribution in [1.82, 2.24) is 4.90 Å². The van der Waals surface area contributed by atoms with Crippen molar-refractivity contribution in [3.63, 3.8) is 0 Å². The molecule has 108 valence electrons. The Morgan fingerprint density at radius 2 is 2.15 bits per heavy atom. The molecule has 0 saturated heterocycles. The first kappa shape index (κ1) is 14.9. The van der Waals surface area contributed by atoms with Gasteiger partial charge in [0.25, 0.3) is 5.91 Å². The highest BCUT2D eigenvalue weighted by molar-refractivity contribution is 7.99. The number of rotatable bonds is 4. The van der Waals surface area contributed by atoms with Crippen molar-refractivity contribution in [2.24, 2.45) is 0 Å². The lowest BCUT2D eigenvalue weighted by Gasteiger charge is -2.19. The quantitative estimate of drug-likeness (QED) is 0.785. The number of methoxy groups -OCH3 is 2. The smallest absolute Gasteiger partial charge is 0.292 e. The van der Waals surface area contributed by atoms with Crippen LogP contribution in [-0.4, -0.2) is 49.7 Å². The molecule has 0 saturated carbocycles. The molecule has 20 heavy (non-hydrogen) atoms. The molecule has 1 aromatic carbocycles. The molecule has 0 bridgehead atoms. The second-order valence-electron chi connectivity index (χ2n) is 4.41. The molecule has 0 N–H and O–H groups in total. The van der Waals surface area contributed by atoms with Crippen LogP contribution in [0.3, 0.4) is 0 Å². The third-order valence-corrected chi connectivity index (χ3v) is 4.14. The summed E-state index contributed by atoms with van der Waals surface area (Å²) in [5.74, 6) is 0.527. The van der Waals surface area contributed by atoms with Crippen LogP contribution in [0.2, 0.25) is 0 Å². The lowest BCUT2D eigenvalue weighted by Crippen LogP contribution is -2.38. The molecule has 0 radical (unpaired) electrons. The van der Waals surface area contributed by atoms with Gasteiger partial charge >= 0.3 is 0 Å². The van der Waals surface area contributed by atoms with Gasteiger partial charge in [-0.3, -0.25) is 9.59 Å². The van der Waals surface area contributed by atoms with Gasteiger partial charge in [0.2, 0.25) is 5.78 Å². The predicted octanol–water partition coefficient (Wildman–Crippen LogP) is 1.35. The Morgan fingerprint density at radius 3 is 2.85 bits per heavy atom. The average Bonchev–Trinajstić information content (AvgIpc) is 2.67. The number of fused-ring (bicyclic) bond motifs is 1. The van der Waals surface area contributed by atoms with Gasteiger partial charge in [0.15, 0.2) is 0 Å². The molecule has 1 aliphatic heterocycles. The van der Waals surface area contributed by atoms with Crippen LogP contribution in [0.4, 0.5) is 0 Å². The number of carbonyl (C=O) groups is 2. The van der Waals surface area contributed by atoms with Crippen LogP contribution < -0.4 is 4.74 Å². The van der Waals surface area contributed by atoms with E-state index in [1.165, 1.54) is 7.11 Å². The number of ether oxygens (including phenoxy) is 2. The Hall–Kier alpha value is -1.53.